The highest BCUT2D eigenvalue weighted by molar-refractivity contribution is 6.30. The Balaban J connectivity index is 1.90. The summed E-state index contributed by atoms with van der Waals surface area (Å²) in [6.07, 6.45) is 7.59. The lowest BCUT2D eigenvalue weighted by Crippen LogP contribution is -2.17. The van der Waals surface area contributed by atoms with Crippen LogP contribution in [-0.4, -0.2) is 12.6 Å². The van der Waals surface area contributed by atoms with E-state index < -0.39 is 0 Å². The van der Waals surface area contributed by atoms with Crippen LogP contribution in [0.4, 0.5) is 0 Å². The van der Waals surface area contributed by atoms with E-state index in [1.54, 1.807) is 0 Å². The molecule has 1 aromatic carbocycles. The van der Waals surface area contributed by atoms with E-state index in [4.69, 9.17) is 16.3 Å². The molecule has 1 atom stereocenters. The molecule has 3 heteroatoms. The van der Waals surface area contributed by atoms with Gasteiger partial charge in [0.1, 0.15) is 5.75 Å². The Morgan fingerprint density at radius 2 is 2.14 bits per heavy atom. The Morgan fingerprint density at radius 1 is 1.33 bits per heavy atom. The third-order valence-electron chi connectivity index (χ3n) is 4.20. The van der Waals surface area contributed by atoms with E-state index in [0.717, 1.165) is 23.9 Å². The number of rotatable bonds is 10. The molecule has 0 saturated heterocycles. The van der Waals surface area contributed by atoms with Crippen LogP contribution in [0.2, 0.25) is 5.02 Å². The number of unbranched alkanes of at least 4 members (excludes halogenated alkanes) is 1. The number of benzene rings is 1. The molecule has 2 rings (SSSR count). The van der Waals surface area contributed by atoms with Gasteiger partial charge in [0.25, 0.3) is 0 Å². The highest BCUT2D eigenvalue weighted by atomic mass is 35.5. The van der Waals surface area contributed by atoms with Gasteiger partial charge in [-0.2, -0.15) is 0 Å². The van der Waals surface area contributed by atoms with E-state index in [9.17, 15) is 0 Å². The molecule has 2 nitrogen and oxygen atoms in total. The molecule has 0 aromatic heterocycles. The lowest BCUT2D eigenvalue weighted by atomic mass is 10.0. The van der Waals surface area contributed by atoms with Crippen molar-refractivity contribution >= 4 is 11.6 Å². The summed E-state index contributed by atoms with van der Waals surface area (Å²) >= 11 is 6.12. The van der Waals surface area contributed by atoms with Crippen molar-refractivity contribution in [1.82, 2.24) is 5.32 Å². The van der Waals surface area contributed by atoms with Crippen LogP contribution in [0, 0.1) is 5.92 Å². The van der Waals surface area contributed by atoms with Crippen molar-refractivity contribution in [3.05, 3.63) is 28.8 Å². The van der Waals surface area contributed by atoms with Crippen LogP contribution in [-0.2, 0) is 6.54 Å². The first-order chi connectivity index (χ1) is 10.2. The minimum Gasteiger partial charge on any atom is -0.493 e. The number of hydrogen-bond acceptors (Lipinski definition) is 2. The lowest BCUT2D eigenvalue weighted by Gasteiger charge is -2.18. The first kappa shape index (κ1) is 16.6. The molecule has 0 bridgehead atoms. The molecule has 0 aliphatic heterocycles. The molecule has 21 heavy (non-hydrogen) atoms. The molecule has 1 fully saturated rings. The van der Waals surface area contributed by atoms with Crippen LogP contribution in [0.5, 0.6) is 5.75 Å². The third-order valence-corrected chi connectivity index (χ3v) is 4.43. The quantitative estimate of drug-likeness (QED) is 0.642. The van der Waals surface area contributed by atoms with Gasteiger partial charge in [0.15, 0.2) is 0 Å². The van der Waals surface area contributed by atoms with E-state index in [2.05, 4.69) is 19.2 Å². The van der Waals surface area contributed by atoms with E-state index in [1.165, 1.54) is 44.1 Å². The van der Waals surface area contributed by atoms with Crippen LogP contribution >= 0.6 is 11.6 Å². The van der Waals surface area contributed by atoms with E-state index in [-0.39, 0.29) is 0 Å². The predicted octanol–water partition coefficient (Wildman–Crippen LogP) is 5.19. The monoisotopic (exact) mass is 309 g/mol. The van der Waals surface area contributed by atoms with Crippen LogP contribution in [0.15, 0.2) is 18.2 Å². The molecule has 1 unspecified atom stereocenters. The van der Waals surface area contributed by atoms with Gasteiger partial charge in [0.05, 0.1) is 6.61 Å². The second-order valence-electron chi connectivity index (χ2n) is 6.13. The van der Waals surface area contributed by atoms with E-state index in [0.29, 0.717) is 12.0 Å². The zero-order valence-corrected chi connectivity index (χ0v) is 14.1. The number of hydrogen-bond donors (Lipinski definition) is 1. The van der Waals surface area contributed by atoms with Crippen LogP contribution in [0.1, 0.15) is 57.9 Å². The molecule has 1 aliphatic rings. The van der Waals surface area contributed by atoms with Crippen molar-refractivity contribution in [2.24, 2.45) is 5.92 Å². The first-order valence-corrected chi connectivity index (χ1v) is 8.75. The number of halogens is 1. The Bertz CT molecular complexity index is 431. The molecular weight excluding hydrogens is 282 g/mol. The molecule has 1 aliphatic carbocycles. The molecule has 0 amide bonds. The minimum absolute atomic E-state index is 0.657. The second kappa shape index (κ2) is 8.65. The van der Waals surface area contributed by atoms with Crippen LogP contribution in [0.3, 0.4) is 0 Å². The number of nitrogens with one attached hydrogen (secondary N) is 1. The number of ether oxygens (including phenoxy) is 1. The van der Waals surface area contributed by atoms with E-state index >= 15 is 0 Å². The zero-order chi connectivity index (χ0) is 15.1. The second-order valence-corrected chi connectivity index (χ2v) is 6.57. The summed E-state index contributed by atoms with van der Waals surface area (Å²) in [5, 5.41) is 4.32. The first-order valence-electron chi connectivity index (χ1n) is 8.37. The van der Waals surface area contributed by atoms with Crippen molar-refractivity contribution in [3.8, 4) is 5.75 Å². The van der Waals surface area contributed by atoms with Gasteiger partial charge < -0.3 is 10.1 Å². The topological polar surface area (TPSA) is 21.3 Å². The molecule has 1 aromatic rings. The maximum absolute atomic E-state index is 6.12. The van der Waals surface area contributed by atoms with Gasteiger partial charge in [-0.15, -0.1) is 0 Å². The molecule has 1 saturated carbocycles. The highest BCUT2D eigenvalue weighted by Gasteiger charge is 2.20. The van der Waals surface area contributed by atoms with Crippen molar-refractivity contribution in [1.29, 1.82) is 0 Å². The Morgan fingerprint density at radius 3 is 2.81 bits per heavy atom. The fraction of sp³-hybridized carbons (Fsp3) is 0.667. The zero-order valence-electron chi connectivity index (χ0n) is 13.3. The standard InChI is InChI=1S/C18H28ClNO/c1-3-5-6-14(4-2)13-21-18-10-7-16(19)11-15(18)12-20-17-8-9-17/h7,10-11,14,17,20H,3-6,8-9,12-13H2,1-2H3. The summed E-state index contributed by atoms with van der Waals surface area (Å²) in [5.41, 5.74) is 1.18. The summed E-state index contributed by atoms with van der Waals surface area (Å²) in [6.45, 7) is 6.16. The average molecular weight is 310 g/mol. The van der Waals surface area contributed by atoms with E-state index in [1.807, 2.05) is 18.2 Å². The summed E-state index contributed by atoms with van der Waals surface area (Å²) in [7, 11) is 0. The molecular formula is C18H28ClNO. The van der Waals surface area contributed by atoms with Gasteiger partial charge in [-0.1, -0.05) is 44.7 Å². The molecule has 0 radical (unpaired) electrons. The predicted molar refractivity (Wildman–Crippen MR) is 90.1 cm³/mol. The van der Waals surface area contributed by atoms with Gasteiger partial charge in [0, 0.05) is 23.2 Å². The van der Waals surface area contributed by atoms with Gasteiger partial charge in [0.2, 0.25) is 0 Å². The SMILES string of the molecule is CCCCC(CC)COc1ccc(Cl)cc1CNC1CC1. The Hall–Kier alpha value is -0.730. The summed E-state index contributed by atoms with van der Waals surface area (Å²) in [5.74, 6) is 1.65. The Kier molecular flexibility index (Phi) is 6.85. The van der Waals surface area contributed by atoms with Gasteiger partial charge in [-0.25, -0.2) is 0 Å². The minimum atomic E-state index is 0.657. The highest BCUT2D eigenvalue weighted by Crippen LogP contribution is 2.26. The maximum Gasteiger partial charge on any atom is 0.123 e. The average Bonchev–Trinajstić information content (AvgIpc) is 3.31. The largest absolute Gasteiger partial charge is 0.493 e. The Labute approximate surface area is 134 Å². The van der Waals surface area contributed by atoms with Crippen molar-refractivity contribution in [2.45, 2.75) is 65.0 Å². The molecule has 0 heterocycles. The summed E-state index contributed by atoms with van der Waals surface area (Å²) in [6, 6.07) is 6.66. The van der Waals surface area contributed by atoms with Crippen LogP contribution < -0.4 is 10.1 Å². The fourth-order valence-corrected chi connectivity index (χ4v) is 2.67. The summed E-state index contributed by atoms with van der Waals surface area (Å²) in [4.78, 5) is 0. The maximum atomic E-state index is 6.12. The smallest absolute Gasteiger partial charge is 0.123 e. The van der Waals surface area contributed by atoms with Crippen molar-refractivity contribution < 1.29 is 4.74 Å². The fourth-order valence-electron chi connectivity index (χ4n) is 2.47. The van der Waals surface area contributed by atoms with Gasteiger partial charge in [-0.05, 0) is 43.4 Å². The third kappa shape index (κ3) is 5.88. The van der Waals surface area contributed by atoms with Gasteiger partial charge in [-0.3, -0.25) is 0 Å². The normalized spacial score (nSPS) is 16.0. The molecule has 1 N–H and O–H groups in total. The summed E-state index contributed by atoms with van der Waals surface area (Å²) < 4.78 is 6.10. The lowest BCUT2D eigenvalue weighted by molar-refractivity contribution is 0.231. The van der Waals surface area contributed by atoms with Gasteiger partial charge >= 0.3 is 0 Å². The van der Waals surface area contributed by atoms with Crippen molar-refractivity contribution in [3.63, 3.8) is 0 Å². The molecule has 0 spiro atoms. The molecule has 118 valence electrons. The van der Waals surface area contributed by atoms with Crippen molar-refractivity contribution in [2.75, 3.05) is 6.61 Å². The van der Waals surface area contributed by atoms with Crippen LogP contribution in [0.25, 0.3) is 0 Å².